The molecule has 0 saturated carbocycles. The third kappa shape index (κ3) is 4.70. The molecule has 1 saturated heterocycles. The number of nitrogens with one attached hydrogen (secondary N) is 1. The number of hydrogen-bond donors (Lipinski definition) is 2. The maximum atomic E-state index is 9.60. The van der Waals surface area contributed by atoms with Crippen molar-refractivity contribution in [3.63, 3.8) is 0 Å². The van der Waals surface area contributed by atoms with Crippen molar-refractivity contribution in [3.8, 4) is 0 Å². The van der Waals surface area contributed by atoms with Gasteiger partial charge in [-0.25, -0.2) is 0 Å². The average Bonchev–Trinajstić information content (AvgIpc) is 2.55. The third-order valence-corrected chi connectivity index (χ3v) is 4.57. The summed E-state index contributed by atoms with van der Waals surface area (Å²) in [5, 5.41) is 13.2. The Kier molecular flexibility index (Phi) is 6.68. The van der Waals surface area contributed by atoms with Crippen molar-refractivity contribution in [1.82, 2.24) is 5.32 Å². The van der Waals surface area contributed by atoms with Gasteiger partial charge < -0.3 is 20.1 Å². The summed E-state index contributed by atoms with van der Waals surface area (Å²) in [7, 11) is 1.75. The normalized spacial score (nSPS) is 19.2. The number of hydrogen-bond acceptors (Lipinski definition) is 4. The Labute approximate surface area is 134 Å². The topological polar surface area (TPSA) is 44.7 Å². The molecular weight excluding hydrogens is 276 g/mol. The van der Waals surface area contributed by atoms with E-state index >= 15 is 0 Å². The molecule has 2 atom stereocenters. The molecule has 0 spiro atoms. The van der Waals surface area contributed by atoms with Gasteiger partial charge in [0.1, 0.15) is 0 Å². The van der Waals surface area contributed by atoms with Crippen LogP contribution in [0.4, 0.5) is 5.69 Å². The van der Waals surface area contributed by atoms with E-state index in [0.717, 1.165) is 39.0 Å². The molecule has 124 valence electrons. The summed E-state index contributed by atoms with van der Waals surface area (Å²) in [4.78, 5) is 2.36. The van der Waals surface area contributed by atoms with Crippen LogP contribution in [0, 0.1) is 0 Å². The molecule has 1 aromatic carbocycles. The lowest BCUT2D eigenvalue weighted by Crippen LogP contribution is -2.36. The van der Waals surface area contributed by atoms with E-state index in [-0.39, 0.29) is 6.10 Å². The summed E-state index contributed by atoms with van der Waals surface area (Å²) in [6.45, 7) is 7.01. The van der Waals surface area contributed by atoms with Gasteiger partial charge in [0.25, 0.3) is 0 Å². The standard InChI is InChI=1S/C18H30N2O2/c1-4-16(13-22-3)19-14(2)15-5-7-17(8-6-15)20-11-9-18(21)10-12-20/h5-8,14,16,18-19,21H,4,9-13H2,1-3H3. The number of rotatable bonds is 7. The van der Waals surface area contributed by atoms with Crippen molar-refractivity contribution in [2.45, 2.75) is 51.3 Å². The highest BCUT2D eigenvalue weighted by molar-refractivity contribution is 5.48. The van der Waals surface area contributed by atoms with Crippen LogP contribution in [-0.4, -0.2) is 44.1 Å². The predicted molar refractivity (Wildman–Crippen MR) is 91.4 cm³/mol. The van der Waals surface area contributed by atoms with Crippen LogP contribution in [0.1, 0.15) is 44.7 Å². The zero-order valence-electron chi connectivity index (χ0n) is 14.1. The summed E-state index contributed by atoms with van der Waals surface area (Å²) in [6.07, 6.45) is 2.68. The van der Waals surface area contributed by atoms with Gasteiger partial charge in [0.15, 0.2) is 0 Å². The smallest absolute Gasteiger partial charge is 0.0615 e. The number of nitrogens with zero attached hydrogens (tertiary/aromatic N) is 1. The third-order valence-electron chi connectivity index (χ3n) is 4.57. The van der Waals surface area contributed by atoms with Crippen molar-refractivity contribution in [2.24, 2.45) is 0 Å². The SMILES string of the molecule is CCC(COC)NC(C)c1ccc(N2CCC(O)CC2)cc1. The molecule has 0 bridgehead atoms. The molecule has 4 heteroatoms. The van der Waals surface area contributed by atoms with Gasteiger partial charge in [-0.3, -0.25) is 0 Å². The largest absolute Gasteiger partial charge is 0.393 e. The van der Waals surface area contributed by atoms with E-state index < -0.39 is 0 Å². The van der Waals surface area contributed by atoms with Crippen molar-refractivity contribution in [1.29, 1.82) is 0 Å². The molecule has 0 amide bonds. The van der Waals surface area contributed by atoms with Gasteiger partial charge in [-0.05, 0) is 43.9 Å². The fourth-order valence-corrected chi connectivity index (χ4v) is 3.03. The first-order chi connectivity index (χ1) is 10.6. The lowest BCUT2D eigenvalue weighted by Gasteiger charge is -2.31. The van der Waals surface area contributed by atoms with Crippen molar-refractivity contribution >= 4 is 5.69 Å². The number of ether oxygens (including phenoxy) is 1. The highest BCUT2D eigenvalue weighted by Gasteiger charge is 2.17. The maximum Gasteiger partial charge on any atom is 0.0615 e. The zero-order chi connectivity index (χ0) is 15.9. The van der Waals surface area contributed by atoms with Gasteiger partial charge in [0.05, 0.1) is 12.7 Å². The Bertz CT molecular complexity index is 427. The van der Waals surface area contributed by atoms with Crippen molar-refractivity contribution in [3.05, 3.63) is 29.8 Å². The quantitative estimate of drug-likeness (QED) is 0.813. The van der Waals surface area contributed by atoms with Gasteiger partial charge in [-0.15, -0.1) is 0 Å². The fourth-order valence-electron chi connectivity index (χ4n) is 3.03. The molecule has 4 nitrogen and oxygen atoms in total. The van der Waals surface area contributed by atoms with Gasteiger partial charge in [0, 0.05) is 38.0 Å². The molecule has 22 heavy (non-hydrogen) atoms. The van der Waals surface area contributed by atoms with Crippen LogP contribution in [0.3, 0.4) is 0 Å². The Morgan fingerprint density at radius 2 is 1.91 bits per heavy atom. The molecular formula is C18H30N2O2. The van der Waals surface area contributed by atoms with Gasteiger partial charge in [0.2, 0.25) is 0 Å². The number of anilines is 1. The van der Waals surface area contributed by atoms with Gasteiger partial charge >= 0.3 is 0 Å². The second kappa shape index (κ2) is 8.51. The lowest BCUT2D eigenvalue weighted by atomic mass is 10.0. The molecule has 2 rings (SSSR count). The van der Waals surface area contributed by atoms with E-state index in [2.05, 4.69) is 48.3 Å². The van der Waals surface area contributed by atoms with Crippen LogP contribution in [0.15, 0.2) is 24.3 Å². The first-order valence-electron chi connectivity index (χ1n) is 8.42. The minimum absolute atomic E-state index is 0.119. The molecule has 0 aromatic heterocycles. The molecule has 1 aromatic rings. The Morgan fingerprint density at radius 1 is 1.27 bits per heavy atom. The van der Waals surface area contributed by atoms with Gasteiger partial charge in [-0.1, -0.05) is 19.1 Å². The summed E-state index contributed by atoms with van der Waals surface area (Å²) < 4.78 is 5.25. The number of aliphatic hydroxyl groups excluding tert-OH is 1. The maximum absolute atomic E-state index is 9.60. The van der Waals surface area contributed by atoms with E-state index in [4.69, 9.17) is 4.74 Å². The highest BCUT2D eigenvalue weighted by Crippen LogP contribution is 2.23. The van der Waals surface area contributed by atoms with Crippen LogP contribution in [0.2, 0.25) is 0 Å². The molecule has 1 aliphatic rings. The highest BCUT2D eigenvalue weighted by atomic mass is 16.5. The van der Waals surface area contributed by atoms with Crippen LogP contribution < -0.4 is 10.2 Å². The number of piperidine rings is 1. The van der Waals surface area contributed by atoms with Crippen molar-refractivity contribution < 1.29 is 9.84 Å². The minimum Gasteiger partial charge on any atom is -0.393 e. The van der Waals surface area contributed by atoms with Crippen LogP contribution in [-0.2, 0) is 4.74 Å². The predicted octanol–water partition coefficient (Wildman–Crippen LogP) is 2.72. The summed E-state index contributed by atoms with van der Waals surface area (Å²) in [5.74, 6) is 0. The second-order valence-corrected chi connectivity index (χ2v) is 6.26. The summed E-state index contributed by atoms with van der Waals surface area (Å²) in [5.41, 5.74) is 2.56. The summed E-state index contributed by atoms with van der Waals surface area (Å²) in [6, 6.07) is 9.51. The molecule has 2 N–H and O–H groups in total. The van der Waals surface area contributed by atoms with Crippen LogP contribution >= 0.6 is 0 Å². The van der Waals surface area contributed by atoms with Gasteiger partial charge in [-0.2, -0.15) is 0 Å². The second-order valence-electron chi connectivity index (χ2n) is 6.26. The van der Waals surface area contributed by atoms with Crippen LogP contribution in [0.25, 0.3) is 0 Å². The van der Waals surface area contributed by atoms with Crippen molar-refractivity contribution in [2.75, 3.05) is 31.7 Å². The number of methoxy groups -OCH3 is 1. The molecule has 0 aliphatic carbocycles. The Hall–Kier alpha value is -1.10. The Morgan fingerprint density at radius 3 is 2.45 bits per heavy atom. The molecule has 1 aliphatic heterocycles. The average molecular weight is 306 g/mol. The van der Waals surface area contributed by atoms with E-state index in [0.29, 0.717) is 12.1 Å². The summed E-state index contributed by atoms with van der Waals surface area (Å²) >= 11 is 0. The lowest BCUT2D eigenvalue weighted by molar-refractivity contribution is 0.145. The minimum atomic E-state index is -0.119. The van der Waals surface area contributed by atoms with E-state index in [9.17, 15) is 5.11 Å². The fraction of sp³-hybridized carbons (Fsp3) is 0.667. The Balaban J connectivity index is 1.93. The molecule has 2 unspecified atom stereocenters. The first kappa shape index (κ1) is 17.3. The molecule has 1 heterocycles. The molecule has 0 radical (unpaired) electrons. The van der Waals surface area contributed by atoms with E-state index in [1.165, 1.54) is 11.3 Å². The van der Waals surface area contributed by atoms with E-state index in [1.54, 1.807) is 7.11 Å². The van der Waals surface area contributed by atoms with Crippen LogP contribution in [0.5, 0.6) is 0 Å². The zero-order valence-corrected chi connectivity index (χ0v) is 14.1. The van der Waals surface area contributed by atoms with E-state index in [1.807, 2.05) is 0 Å². The monoisotopic (exact) mass is 306 g/mol. The number of aliphatic hydroxyl groups is 1. The number of benzene rings is 1. The first-order valence-corrected chi connectivity index (χ1v) is 8.42. The molecule has 1 fully saturated rings.